The van der Waals surface area contributed by atoms with Gasteiger partial charge in [0.15, 0.2) is 11.2 Å². The van der Waals surface area contributed by atoms with Crippen LogP contribution in [0.5, 0.6) is 0 Å². The van der Waals surface area contributed by atoms with E-state index in [4.69, 9.17) is 4.42 Å². The molecule has 3 aromatic carbocycles. The Bertz CT molecular complexity index is 1590. The number of aromatic nitrogens is 4. The summed E-state index contributed by atoms with van der Waals surface area (Å²) in [4.78, 5) is 26.8. The maximum absolute atomic E-state index is 13.1. The van der Waals surface area contributed by atoms with Gasteiger partial charge in [-0.2, -0.15) is 0 Å². The summed E-state index contributed by atoms with van der Waals surface area (Å²) in [6.45, 7) is -0.711. The van der Waals surface area contributed by atoms with Crippen molar-refractivity contribution in [3.8, 4) is 17.1 Å². The molecule has 0 aliphatic carbocycles. The topological polar surface area (TPSA) is 143 Å². The third kappa shape index (κ3) is 4.31. The Balaban J connectivity index is 1.56. The SMILES string of the molecule is O=C(Nc1cc(CO)c(CO)cc1-c1nnn(-c2ccccc2)n1)c1cc(=O)c2ccccc2o1. The first kappa shape index (κ1) is 22.1. The molecule has 10 nitrogen and oxygen atoms in total. The van der Waals surface area contributed by atoms with Gasteiger partial charge in [-0.1, -0.05) is 30.3 Å². The highest BCUT2D eigenvalue weighted by Crippen LogP contribution is 2.30. The first-order valence-corrected chi connectivity index (χ1v) is 10.6. The molecule has 0 unspecified atom stereocenters. The molecule has 5 rings (SSSR count). The molecule has 5 aromatic rings. The predicted molar refractivity (Wildman–Crippen MR) is 127 cm³/mol. The highest BCUT2D eigenvalue weighted by Gasteiger charge is 2.20. The lowest BCUT2D eigenvalue weighted by Gasteiger charge is -2.13. The van der Waals surface area contributed by atoms with Gasteiger partial charge < -0.3 is 19.9 Å². The monoisotopic (exact) mass is 469 g/mol. The van der Waals surface area contributed by atoms with Gasteiger partial charge in [0.05, 0.1) is 30.0 Å². The fourth-order valence-electron chi connectivity index (χ4n) is 3.66. The van der Waals surface area contributed by atoms with Gasteiger partial charge >= 0.3 is 0 Å². The van der Waals surface area contributed by atoms with E-state index in [0.29, 0.717) is 27.8 Å². The number of carbonyl (C=O) groups is 1. The van der Waals surface area contributed by atoms with E-state index in [1.165, 1.54) is 10.9 Å². The highest BCUT2D eigenvalue weighted by molar-refractivity contribution is 6.05. The van der Waals surface area contributed by atoms with Gasteiger partial charge in [-0.15, -0.1) is 15.0 Å². The normalized spacial score (nSPS) is 11.0. The lowest BCUT2D eigenvalue weighted by Crippen LogP contribution is -2.16. The molecule has 35 heavy (non-hydrogen) atoms. The fourth-order valence-corrected chi connectivity index (χ4v) is 3.66. The Kier molecular flexibility index (Phi) is 5.88. The van der Waals surface area contributed by atoms with Crippen LogP contribution in [0.3, 0.4) is 0 Å². The van der Waals surface area contributed by atoms with Gasteiger partial charge in [0.25, 0.3) is 5.91 Å². The molecule has 2 heterocycles. The summed E-state index contributed by atoms with van der Waals surface area (Å²) in [7, 11) is 0. The van der Waals surface area contributed by atoms with Crippen molar-refractivity contribution in [2.24, 2.45) is 0 Å². The van der Waals surface area contributed by atoms with E-state index in [9.17, 15) is 19.8 Å². The van der Waals surface area contributed by atoms with Gasteiger partial charge in [-0.3, -0.25) is 9.59 Å². The van der Waals surface area contributed by atoms with Crippen molar-refractivity contribution in [3.05, 3.63) is 99.9 Å². The Morgan fingerprint density at radius 2 is 1.66 bits per heavy atom. The number of tetrazole rings is 1. The molecular formula is C25H19N5O5. The van der Waals surface area contributed by atoms with E-state index in [0.717, 1.165) is 6.07 Å². The Labute approximate surface area is 198 Å². The van der Waals surface area contributed by atoms with Crippen LogP contribution in [0.4, 0.5) is 5.69 Å². The quantitative estimate of drug-likeness (QED) is 0.344. The Morgan fingerprint density at radius 1 is 0.943 bits per heavy atom. The maximum atomic E-state index is 13.1. The molecule has 2 aromatic heterocycles. The van der Waals surface area contributed by atoms with E-state index < -0.39 is 5.91 Å². The molecular weight excluding hydrogens is 450 g/mol. The van der Waals surface area contributed by atoms with Crippen LogP contribution in [0.15, 0.2) is 82.0 Å². The van der Waals surface area contributed by atoms with E-state index in [2.05, 4.69) is 20.7 Å². The van der Waals surface area contributed by atoms with Crippen LogP contribution in [-0.2, 0) is 13.2 Å². The molecule has 0 bridgehead atoms. The van der Waals surface area contributed by atoms with Crippen LogP contribution in [-0.4, -0.2) is 36.3 Å². The zero-order valence-electron chi connectivity index (χ0n) is 18.3. The van der Waals surface area contributed by atoms with Crippen molar-refractivity contribution in [2.75, 3.05) is 5.32 Å². The number of rotatable bonds is 6. The van der Waals surface area contributed by atoms with Gasteiger partial charge in [-0.05, 0) is 52.7 Å². The number of aliphatic hydroxyl groups excluding tert-OH is 2. The second-order valence-corrected chi connectivity index (χ2v) is 7.65. The van der Waals surface area contributed by atoms with Crippen molar-refractivity contribution in [1.82, 2.24) is 20.2 Å². The maximum Gasteiger partial charge on any atom is 0.291 e. The molecule has 0 saturated carbocycles. The van der Waals surface area contributed by atoms with E-state index in [-0.39, 0.29) is 41.5 Å². The number of nitrogens with zero attached hydrogens (tertiary/aromatic N) is 4. The zero-order valence-corrected chi connectivity index (χ0v) is 18.3. The molecule has 0 atom stereocenters. The number of hydrogen-bond acceptors (Lipinski definition) is 8. The Hall–Kier alpha value is -4.67. The lowest BCUT2D eigenvalue weighted by molar-refractivity contribution is 0.0997. The third-order valence-corrected chi connectivity index (χ3v) is 5.43. The smallest absolute Gasteiger partial charge is 0.291 e. The van der Waals surface area contributed by atoms with Crippen LogP contribution >= 0.6 is 0 Å². The minimum atomic E-state index is -0.676. The third-order valence-electron chi connectivity index (χ3n) is 5.43. The number of nitrogens with one attached hydrogen (secondary N) is 1. The molecule has 0 fully saturated rings. The zero-order chi connectivity index (χ0) is 24.4. The molecule has 1 amide bonds. The van der Waals surface area contributed by atoms with Crippen LogP contribution in [0.2, 0.25) is 0 Å². The summed E-state index contributed by atoms with van der Waals surface area (Å²) in [6, 6.07) is 20.0. The van der Waals surface area contributed by atoms with Crippen molar-refractivity contribution < 1.29 is 19.4 Å². The average Bonchev–Trinajstić information content (AvgIpc) is 3.39. The summed E-state index contributed by atoms with van der Waals surface area (Å²) in [5, 5.41) is 35.2. The van der Waals surface area contributed by atoms with Crippen molar-refractivity contribution in [3.63, 3.8) is 0 Å². The number of benzene rings is 3. The predicted octanol–water partition coefficient (Wildman–Crippen LogP) is 2.67. The molecule has 3 N–H and O–H groups in total. The van der Waals surface area contributed by atoms with Crippen molar-refractivity contribution in [1.29, 1.82) is 0 Å². The summed E-state index contributed by atoms with van der Waals surface area (Å²) < 4.78 is 5.64. The summed E-state index contributed by atoms with van der Waals surface area (Å²) >= 11 is 0. The first-order chi connectivity index (χ1) is 17.1. The number of anilines is 1. The van der Waals surface area contributed by atoms with Crippen LogP contribution in [0.1, 0.15) is 21.7 Å². The summed E-state index contributed by atoms with van der Waals surface area (Å²) in [5.41, 5.74) is 2.07. The fraction of sp³-hybridized carbons (Fsp3) is 0.0800. The van der Waals surface area contributed by atoms with Gasteiger partial charge in [0, 0.05) is 11.6 Å². The molecule has 0 aliphatic rings. The molecule has 0 radical (unpaired) electrons. The molecule has 174 valence electrons. The van der Waals surface area contributed by atoms with Crippen molar-refractivity contribution in [2.45, 2.75) is 13.2 Å². The van der Waals surface area contributed by atoms with Crippen LogP contribution in [0, 0.1) is 0 Å². The molecule has 0 saturated heterocycles. The van der Waals surface area contributed by atoms with Crippen molar-refractivity contribution >= 4 is 22.6 Å². The standard InChI is InChI=1S/C25H19N5O5/c31-13-15-10-19(24-27-29-30(28-24)17-6-2-1-3-7-17)20(11-16(15)14-32)26-25(34)23-12-21(33)18-8-4-5-9-22(18)35-23/h1-12,31-32H,13-14H2,(H,26,34). The van der Waals surface area contributed by atoms with Gasteiger partial charge in [-0.25, -0.2) is 0 Å². The largest absolute Gasteiger partial charge is 0.451 e. The van der Waals surface area contributed by atoms with Gasteiger partial charge in [0.1, 0.15) is 5.58 Å². The number of para-hydroxylation sites is 2. The molecule has 0 aliphatic heterocycles. The lowest BCUT2D eigenvalue weighted by atomic mass is 10.0. The second kappa shape index (κ2) is 9.29. The molecule has 0 spiro atoms. The van der Waals surface area contributed by atoms with E-state index in [1.807, 2.05) is 30.3 Å². The minimum absolute atomic E-state index is 0.183. The number of aliphatic hydroxyl groups is 2. The number of hydrogen-bond donors (Lipinski definition) is 3. The van der Waals surface area contributed by atoms with E-state index >= 15 is 0 Å². The molecule has 10 heteroatoms. The summed E-state index contributed by atoms with van der Waals surface area (Å²) in [6.07, 6.45) is 0. The second-order valence-electron chi connectivity index (χ2n) is 7.65. The van der Waals surface area contributed by atoms with Gasteiger partial charge in [0.2, 0.25) is 5.82 Å². The minimum Gasteiger partial charge on any atom is -0.451 e. The number of carbonyl (C=O) groups excluding carboxylic acids is 1. The first-order valence-electron chi connectivity index (χ1n) is 10.6. The summed E-state index contributed by atoms with van der Waals surface area (Å²) in [5.74, 6) is -0.675. The van der Waals surface area contributed by atoms with Crippen LogP contribution in [0.25, 0.3) is 28.0 Å². The average molecular weight is 469 g/mol. The number of amides is 1. The van der Waals surface area contributed by atoms with E-state index in [1.54, 1.807) is 30.3 Å². The number of fused-ring (bicyclic) bond motifs is 1. The Morgan fingerprint density at radius 3 is 2.43 bits per heavy atom. The van der Waals surface area contributed by atoms with Crippen LogP contribution < -0.4 is 10.7 Å². The highest BCUT2D eigenvalue weighted by atomic mass is 16.3.